The van der Waals surface area contributed by atoms with Gasteiger partial charge in [-0.3, -0.25) is 4.98 Å². The molecule has 7 heteroatoms. The number of halogens is 2. The van der Waals surface area contributed by atoms with Crippen molar-refractivity contribution >= 4 is 33.4 Å². The van der Waals surface area contributed by atoms with Gasteiger partial charge in [0.25, 0.3) is 0 Å². The third-order valence-electron chi connectivity index (χ3n) is 4.83. The predicted molar refractivity (Wildman–Crippen MR) is 113 cm³/mol. The fourth-order valence-electron chi connectivity index (χ4n) is 3.40. The highest BCUT2D eigenvalue weighted by Gasteiger charge is 2.16. The van der Waals surface area contributed by atoms with Crippen LogP contribution in [-0.4, -0.2) is 21.0 Å². The minimum Gasteiger partial charge on any atom is -0.351 e. The lowest BCUT2D eigenvalue weighted by Gasteiger charge is -2.23. The summed E-state index contributed by atoms with van der Waals surface area (Å²) in [5, 5.41) is 6.55. The van der Waals surface area contributed by atoms with Gasteiger partial charge in [-0.2, -0.15) is 4.98 Å². The van der Waals surface area contributed by atoms with Crippen molar-refractivity contribution in [3.8, 4) is 11.3 Å². The summed E-state index contributed by atoms with van der Waals surface area (Å²) in [6.07, 6.45) is 9.42. The highest BCUT2D eigenvalue weighted by molar-refractivity contribution is 9.10. The minimum absolute atomic E-state index is 0.347. The summed E-state index contributed by atoms with van der Waals surface area (Å²) in [4.78, 5) is 13.3. The van der Waals surface area contributed by atoms with Crippen molar-refractivity contribution in [3.05, 3.63) is 59.1 Å². The highest BCUT2D eigenvalue weighted by Crippen LogP contribution is 2.27. The number of anilines is 3. The van der Waals surface area contributed by atoms with E-state index < -0.39 is 0 Å². The van der Waals surface area contributed by atoms with Crippen molar-refractivity contribution in [1.29, 1.82) is 0 Å². The van der Waals surface area contributed by atoms with Gasteiger partial charge in [-0.1, -0.05) is 35.2 Å². The van der Waals surface area contributed by atoms with Gasteiger partial charge < -0.3 is 10.6 Å². The van der Waals surface area contributed by atoms with Crippen LogP contribution in [0.3, 0.4) is 0 Å². The van der Waals surface area contributed by atoms with Crippen molar-refractivity contribution in [2.75, 3.05) is 10.6 Å². The Balaban J connectivity index is 1.66. The van der Waals surface area contributed by atoms with E-state index in [1.807, 2.05) is 18.2 Å². The molecule has 0 unspecified atom stereocenters. The van der Waals surface area contributed by atoms with Crippen LogP contribution in [0.5, 0.6) is 0 Å². The Morgan fingerprint density at radius 3 is 2.50 bits per heavy atom. The average Bonchev–Trinajstić information content (AvgIpc) is 2.71. The van der Waals surface area contributed by atoms with E-state index in [0.29, 0.717) is 28.0 Å². The molecule has 0 atom stereocenters. The van der Waals surface area contributed by atoms with Crippen molar-refractivity contribution in [2.45, 2.75) is 38.1 Å². The molecule has 4 rings (SSSR count). The van der Waals surface area contributed by atoms with E-state index in [1.165, 1.54) is 25.3 Å². The Labute approximate surface area is 172 Å². The second-order valence-corrected chi connectivity index (χ2v) is 7.84. The van der Waals surface area contributed by atoms with E-state index in [2.05, 4.69) is 41.5 Å². The zero-order valence-electron chi connectivity index (χ0n) is 15.3. The van der Waals surface area contributed by atoms with Crippen molar-refractivity contribution in [1.82, 2.24) is 15.0 Å². The average molecular weight is 442 g/mol. The van der Waals surface area contributed by atoms with E-state index in [9.17, 15) is 4.39 Å². The van der Waals surface area contributed by atoms with E-state index >= 15 is 0 Å². The molecule has 0 amide bonds. The smallest absolute Gasteiger partial charge is 0.225 e. The molecule has 1 aliphatic carbocycles. The summed E-state index contributed by atoms with van der Waals surface area (Å²) >= 11 is 3.28. The fraction of sp³-hybridized carbons (Fsp3) is 0.286. The van der Waals surface area contributed by atoms with Crippen LogP contribution in [0.25, 0.3) is 11.3 Å². The predicted octanol–water partition coefficient (Wildman–Crippen LogP) is 5.93. The maximum absolute atomic E-state index is 14.3. The first-order valence-electron chi connectivity index (χ1n) is 9.45. The standard InChI is InChI=1S/C21H21BrFN5/c22-15-6-7-18(17(23)12-15)26-20-13-19(14-8-10-24-11-9-14)27-21(28-20)25-16-4-2-1-3-5-16/h6-13,16H,1-5H2,(H2,25,26,27,28). The van der Waals surface area contributed by atoms with Gasteiger partial charge in [-0.15, -0.1) is 0 Å². The molecule has 28 heavy (non-hydrogen) atoms. The van der Waals surface area contributed by atoms with E-state index in [-0.39, 0.29) is 5.82 Å². The first-order valence-corrected chi connectivity index (χ1v) is 10.2. The number of hydrogen-bond acceptors (Lipinski definition) is 5. The number of pyridine rings is 1. The van der Waals surface area contributed by atoms with Crippen LogP contribution in [0.1, 0.15) is 32.1 Å². The molecule has 0 radical (unpaired) electrons. The normalized spacial score (nSPS) is 14.6. The fourth-order valence-corrected chi connectivity index (χ4v) is 3.74. The lowest BCUT2D eigenvalue weighted by molar-refractivity contribution is 0.461. The van der Waals surface area contributed by atoms with Crippen LogP contribution in [0.15, 0.2) is 53.3 Å². The quantitative estimate of drug-likeness (QED) is 0.513. The maximum atomic E-state index is 14.3. The van der Waals surface area contributed by atoms with Crippen LogP contribution >= 0.6 is 15.9 Å². The Hall–Kier alpha value is -2.54. The summed E-state index contributed by atoms with van der Waals surface area (Å²) in [7, 11) is 0. The van der Waals surface area contributed by atoms with E-state index in [1.54, 1.807) is 24.5 Å². The first-order chi connectivity index (χ1) is 13.7. The monoisotopic (exact) mass is 441 g/mol. The Morgan fingerprint density at radius 1 is 0.964 bits per heavy atom. The summed E-state index contributed by atoms with van der Waals surface area (Å²) in [5.41, 5.74) is 2.06. The summed E-state index contributed by atoms with van der Waals surface area (Å²) in [5.74, 6) is 0.753. The molecule has 5 nitrogen and oxygen atoms in total. The van der Waals surface area contributed by atoms with Gasteiger partial charge in [0.05, 0.1) is 11.4 Å². The number of nitrogens with zero attached hydrogens (tertiary/aromatic N) is 3. The Morgan fingerprint density at radius 2 is 1.75 bits per heavy atom. The zero-order chi connectivity index (χ0) is 19.3. The molecule has 1 aliphatic rings. The molecule has 2 heterocycles. The van der Waals surface area contributed by atoms with Crippen molar-refractivity contribution < 1.29 is 4.39 Å². The van der Waals surface area contributed by atoms with Crippen molar-refractivity contribution in [2.24, 2.45) is 0 Å². The van der Waals surface area contributed by atoms with Gasteiger partial charge in [0.15, 0.2) is 0 Å². The third kappa shape index (κ3) is 4.65. The summed E-state index contributed by atoms with van der Waals surface area (Å²) < 4.78 is 15.0. The van der Waals surface area contributed by atoms with Crippen LogP contribution in [0, 0.1) is 5.82 Å². The second kappa shape index (κ2) is 8.65. The maximum Gasteiger partial charge on any atom is 0.225 e. The number of hydrogen-bond donors (Lipinski definition) is 2. The lowest BCUT2D eigenvalue weighted by atomic mass is 9.96. The molecule has 1 saturated carbocycles. The molecule has 2 aromatic heterocycles. The molecule has 3 aromatic rings. The minimum atomic E-state index is -0.347. The van der Waals surface area contributed by atoms with E-state index in [4.69, 9.17) is 0 Å². The zero-order valence-corrected chi connectivity index (χ0v) is 16.9. The SMILES string of the molecule is Fc1cc(Br)ccc1Nc1cc(-c2ccncc2)nc(NC2CCCCC2)n1. The summed E-state index contributed by atoms with van der Waals surface area (Å²) in [6.45, 7) is 0. The van der Waals surface area contributed by atoms with Gasteiger partial charge >= 0.3 is 0 Å². The molecule has 0 saturated heterocycles. The van der Waals surface area contributed by atoms with Crippen LogP contribution in [0.4, 0.5) is 21.8 Å². The molecule has 0 aliphatic heterocycles. The van der Waals surface area contributed by atoms with Gasteiger partial charge in [0.1, 0.15) is 11.6 Å². The van der Waals surface area contributed by atoms with Gasteiger partial charge in [-0.25, -0.2) is 9.37 Å². The van der Waals surface area contributed by atoms with E-state index in [0.717, 1.165) is 24.1 Å². The van der Waals surface area contributed by atoms with Gasteiger partial charge in [0, 0.05) is 34.5 Å². The van der Waals surface area contributed by atoms with Crippen molar-refractivity contribution in [3.63, 3.8) is 0 Å². The molecule has 2 N–H and O–H groups in total. The molecule has 0 bridgehead atoms. The van der Waals surface area contributed by atoms with Gasteiger partial charge in [0.2, 0.25) is 5.95 Å². The highest BCUT2D eigenvalue weighted by atomic mass is 79.9. The van der Waals surface area contributed by atoms with Crippen LogP contribution in [-0.2, 0) is 0 Å². The van der Waals surface area contributed by atoms with Crippen LogP contribution < -0.4 is 10.6 Å². The Kier molecular flexibility index (Phi) is 5.81. The molecular weight excluding hydrogens is 421 g/mol. The first kappa shape index (κ1) is 18.8. The number of nitrogens with one attached hydrogen (secondary N) is 2. The van der Waals surface area contributed by atoms with Crippen LogP contribution in [0.2, 0.25) is 0 Å². The number of rotatable bonds is 5. The largest absolute Gasteiger partial charge is 0.351 e. The van der Waals surface area contributed by atoms with Gasteiger partial charge in [-0.05, 0) is 43.2 Å². The number of aromatic nitrogens is 3. The number of benzene rings is 1. The molecular formula is C21H21BrFN5. The molecule has 1 fully saturated rings. The lowest BCUT2D eigenvalue weighted by Crippen LogP contribution is -2.23. The molecule has 144 valence electrons. The topological polar surface area (TPSA) is 62.7 Å². The third-order valence-corrected chi connectivity index (χ3v) is 5.33. The molecule has 0 spiro atoms. The second-order valence-electron chi connectivity index (χ2n) is 6.93. The Bertz CT molecular complexity index is 945. The summed E-state index contributed by atoms with van der Waals surface area (Å²) in [6, 6.07) is 10.9. The molecule has 1 aromatic carbocycles.